The van der Waals surface area contributed by atoms with Gasteiger partial charge in [0.25, 0.3) is 0 Å². The van der Waals surface area contributed by atoms with Gasteiger partial charge < -0.3 is 9.64 Å². The van der Waals surface area contributed by atoms with Crippen molar-refractivity contribution in [2.75, 3.05) is 6.61 Å². The third-order valence-electron chi connectivity index (χ3n) is 3.68. The van der Waals surface area contributed by atoms with Crippen molar-refractivity contribution in [2.45, 2.75) is 18.8 Å². The predicted octanol–water partition coefficient (Wildman–Crippen LogP) is 4.58. The van der Waals surface area contributed by atoms with E-state index in [0.29, 0.717) is 17.5 Å². The van der Waals surface area contributed by atoms with Crippen LogP contribution in [0.4, 0.5) is 0 Å². The second kappa shape index (κ2) is 7.38. The summed E-state index contributed by atoms with van der Waals surface area (Å²) in [6.45, 7) is 3.02. The van der Waals surface area contributed by atoms with E-state index in [1.807, 2.05) is 49.0 Å². The zero-order valence-corrected chi connectivity index (χ0v) is 13.8. The van der Waals surface area contributed by atoms with Gasteiger partial charge >= 0.3 is 5.97 Å². The SMILES string of the molecule is CCOC(=O)c1ccc(CN2C=CSC2c2ccccc2)cc1. The van der Waals surface area contributed by atoms with E-state index in [2.05, 4.69) is 40.8 Å². The summed E-state index contributed by atoms with van der Waals surface area (Å²) in [4.78, 5) is 14.0. The van der Waals surface area contributed by atoms with Gasteiger partial charge in [-0.25, -0.2) is 4.79 Å². The van der Waals surface area contributed by atoms with Crippen LogP contribution in [0.5, 0.6) is 0 Å². The molecule has 0 radical (unpaired) electrons. The third-order valence-corrected chi connectivity index (χ3v) is 4.76. The number of hydrogen-bond donors (Lipinski definition) is 0. The molecule has 1 unspecified atom stereocenters. The number of esters is 1. The molecule has 0 bridgehead atoms. The first-order valence-electron chi connectivity index (χ1n) is 7.67. The first kappa shape index (κ1) is 15.7. The lowest BCUT2D eigenvalue weighted by atomic mass is 10.1. The highest BCUT2D eigenvalue weighted by Gasteiger charge is 2.21. The molecule has 1 atom stereocenters. The van der Waals surface area contributed by atoms with E-state index in [-0.39, 0.29) is 5.97 Å². The van der Waals surface area contributed by atoms with Crippen LogP contribution in [0.2, 0.25) is 0 Å². The molecule has 118 valence electrons. The van der Waals surface area contributed by atoms with Gasteiger partial charge in [0, 0.05) is 12.7 Å². The smallest absolute Gasteiger partial charge is 0.338 e. The molecule has 3 nitrogen and oxygen atoms in total. The van der Waals surface area contributed by atoms with E-state index in [0.717, 1.165) is 6.54 Å². The molecule has 23 heavy (non-hydrogen) atoms. The highest BCUT2D eigenvalue weighted by Crippen LogP contribution is 2.39. The summed E-state index contributed by atoms with van der Waals surface area (Å²) >= 11 is 1.81. The highest BCUT2D eigenvalue weighted by atomic mass is 32.2. The predicted molar refractivity (Wildman–Crippen MR) is 93.9 cm³/mol. The normalized spacial score (nSPS) is 16.6. The van der Waals surface area contributed by atoms with Crippen LogP contribution in [0.1, 0.15) is 33.8 Å². The highest BCUT2D eigenvalue weighted by molar-refractivity contribution is 8.02. The lowest BCUT2D eigenvalue weighted by Gasteiger charge is -2.25. The maximum atomic E-state index is 11.7. The van der Waals surface area contributed by atoms with E-state index in [9.17, 15) is 4.79 Å². The zero-order valence-electron chi connectivity index (χ0n) is 13.0. The largest absolute Gasteiger partial charge is 0.462 e. The second-order valence-electron chi connectivity index (χ2n) is 5.27. The maximum absolute atomic E-state index is 11.7. The fourth-order valence-electron chi connectivity index (χ4n) is 2.54. The Bertz CT molecular complexity index is 682. The Morgan fingerprint density at radius 1 is 1.13 bits per heavy atom. The van der Waals surface area contributed by atoms with Crippen molar-refractivity contribution in [2.24, 2.45) is 0 Å². The van der Waals surface area contributed by atoms with Gasteiger partial charge in [-0.2, -0.15) is 0 Å². The molecule has 1 aliphatic heterocycles. The van der Waals surface area contributed by atoms with Crippen LogP contribution in [-0.4, -0.2) is 17.5 Å². The van der Waals surface area contributed by atoms with E-state index in [4.69, 9.17) is 4.74 Å². The van der Waals surface area contributed by atoms with Crippen molar-refractivity contribution < 1.29 is 9.53 Å². The number of rotatable bonds is 5. The molecule has 1 heterocycles. The van der Waals surface area contributed by atoms with E-state index in [1.165, 1.54) is 11.1 Å². The average molecular weight is 325 g/mol. The number of hydrogen-bond acceptors (Lipinski definition) is 4. The first-order chi connectivity index (χ1) is 11.3. The van der Waals surface area contributed by atoms with E-state index < -0.39 is 0 Å². The molecular formula is C19H19NO2S. The average Bonchev–Trinajstić information content (AvgIpc) is 3.05. The maximum Gasteiger partial charge on any atom is 0.338 e. The Hall–Kier alpha value is -2.20. The summed E-state index contributed by atoms with van der Waals surface area (Å²) in [6, 6.07) is 18.1. The fourth-order valence-corrected chi connectivity index (χ4v) is 3.53. The van der Waals surface area contributed by atoms with Gasteiger partial charge in [-0.1, -0.05) is 42.5 Å². The van der Waals surface area contributed by atoms with Crippen molar-refractivity contribution in [3.05, 3.63) is 82.9 Å². The molecule has 2 aromatic carbocycles. The number of ether oxygens (including phenoxy) is 1. The van der Waals surface area contributed by atoms with Crippen LogP contribution >= 0.6 is 11.8 Å². The third kappa shape index (κ3) is 3.77. The molecule has 0 amide bonds. The monoisotopic (exact) mass is 325 g/mol. The van der Waals surface area contributed by atoms with Crippen molar-refractivity contribution in [3.63, 3.8) is 0 Å². The number of nitrogens with zero attached hydrogens (tertiary/aromatic N) is 1. The van der Waals surface area contributed by atoms with Crippen molar-refractivity contribution >= 4 is 17.7 Å². The Balaban J connectivity index is 1.69. The van der Waals surface area contributed by atoms with Crippen molar-refractivity contribution in [1.82, 2.24) is 4.90 Å². The summed E-state index contributed by atoms with van der Waals surface area (Å²) in [5, 5.41) is 2.44. The molecule has 0 N–H and O–H groups in total. The van der Waals surface area contributed by atoms with Crippen LogP contribution < -0.4 is 0 Å². The molecule has 0 saturated carbocycles. The summed E-state index contributed by atoms with van der Waals surface area (Å²) < 4.78 is 5.01. The minimum atomic E-state index is -0.266. The van der Waals surface area contributed by atoms with Gasteiger partial charge in [0.15, 0.2) is 0 Å². The van der Waals surface area contributed by atoms with Gasteiger partial charge in [0.05, 0.1) is 12.2 Å². The molecule has 4 heteroatoms. The quantitative estimate of drug-likeness (QED) is 0.753. The Morgan fingerprint density at radius 3 is 2.57 bits per heavy atom. The van der Waals surface area contributed by atoms with Crippen LogP contribution in [0, 0.1) is 0 Å². The molecule has 3 rings (SSSR count). The van der Waals surface area contributed by atoms with Crippen LogP contribution in [-0.2, 0) is 11.3 Å². The fraction of sp³-hybridized carbons (Fsp3) is 0.211. The lowest BCUT2D eigenvalue weighted by molar-refractivity contribution is 0.0526. The molecule has 0 fully saturated rings. The summed E-state index contributed by atoms with van der Waals surface area (Å²) in [6.07, 6.45) is 2.13. The number of benzene rings is 2. The van der Waals surface area contributed by atoms with Gasteiger partial charge in [-0.3, -0.25) is 0 Å². The van der Waals surface area contributed by atoms with Gasteiger partial charge in [0.1, 0.15) is 5.37 Å². The molecule has 0 saturated heterocycles. The van der Waals surface area contributed by atoms with Crippen LogP contribution in [0.25, 0.3) is 0 Å². The van der Waals surface area contributed by atoms with Gasteiger partial charge in [-0.05, 0) is 35.6 Å². The molecule has 0 aromatic heterocycles. The Labute approximate surface area is 141 Å². The molecule has 0 aliphatic carbocycles. The summed E-state index contributed by atoms with van der Waals surface area (Å²) in [5.41, 5.74) is 3.07. The van der Waals surface area contributed by atoms with Crippen LogP contribution in [0.3, 0.4) is 0 Å². The van der Waals surface area contributed by atoms with E-state index >= 15 is 0 Å². The molecular weight excluding hydrogens is 306 g/mol. The standard InChI is InChI=1S/C19H19NO2S/c1-2-22-19(21)17-10-8-15(9-11-17)14-20-12-13-23-18(20)16-6-4-3-5-7-16/h3-13,18H,2,14H2,1H3. The Morgan fingerprint density at radius 2 is 1.87 bits per heavy atom. The lowest BCUT2D eigenvalue weighted by Crippen LogP contribution is -2.17. The Kier molecular flexibility index (Phi) is 5.03. The first-order valence-corrected chi connectivity index (χ1v) is 8.61. The topological polar surface area (TPSA) is 29.5 Å². The van der Waals surface area contributed by atoms with Gasteiger partial charge in [-0.15, -0.1) is 11.8 Å². The molecule has 2 aromatic rings. The minimum Gasteiger partial charge on any atom is -0.462 e. The molecule has 0 spiro atoms. The molecule has 1 aliphatic rings. The van der Waals surface area contributed by atoms with E-state index in [1.54, 1.807) is 0 Å². The van der Waals surface area contributed by atoms with Crippen molar-refractivity contribution in [1.29, 1.82) is 0 Å². The zero-order chi connectivity index (χ0) is 16.1. The summed E-state index contributed by atoms with van der Waals surface area (Å²) in [7, 11) is 0. The summed E-state index contributed by atoms with van der Waals surface area (Å²) in [5.74, 6) is -0.266. The minimum absolute atomic E-state index is 0.266. The number of carbonyl (C=O) groups excluding carboxylic acids is 1. The van der Waals surface area contributed by atoms with Crippen molar-refractivity contribution in [3.8, 4) is 0 Å². The van der Waals surface area contributed by atoms with Crippen LogP contribution in [0.15, 0.2) is 66.2 Å². The number of thioether (sulfide) groups is 1. The number of carbonyl (C=O) groups is 1. The van der Waals surface area contributed by atoms with Gasteiger partial charge in [0.2, 0.25) is 0 Å². The second-order valence-corrected chi connectivity index (χ2v) is 6.26.